The highest BCUT2D eigenvalue weighted by atomic mass is 19.1. The molecule has 2 heteroatoms. The second-order valence-corrected chi connectivity index (χ2v) is 4.45. The smallest absolute Gasteiger partial charge is 0.126 e. The van der Waals surface area contributed by atoms with Gasteiger partial charge in [-0.25, -0.2) is 8.78 Å². The number of hydrogen-bond acceptors (Lipinski definition) is 0. The maximum Gasteiger partial charge on any atom is 0.126 e. The molecule has 94 valence electrons. The summed E-state index contributed by atoms with van der Waals surface area (Å²) in [5, 5.41) is 0. The van der Waals surface area contributed by atoms with Crippen LogP contribution in [-0.4, -0.2) is 0 Å². The van der Waals surface area contributed by atoms with Crippen LogP contribution in [0.2, 0.25) is 0 Å². The predicted molar refractivity (Wildman–Crippen MR) is 69.5 cm³/mol. The fraction of sp³-hybridized carbons (Fsp3) is 0.250. The Hall–Kier alpha value is -1.70. The van der Waals surface area contributed by atoms with Crippen molar-refractivity contribution < 1.29 is 8.78 Å². The van der Waals surface area contributed by atoms with Gasteiger partial charge in [0.25, 0.3) is 0 Å². The van der Waals surface area contributed by atoms with Gasteiger partial charge in [-0.15, -0.1) is 0 Å². The van der Waals surface area contributed by atoms with Crippen molar-refractivity contribution in [1.82, 2.24) is 0 Å². The van der Waals surface area contributed by atoms with Crippen LogP contribution < -0.4 is 0 Å². The van der Waals surface area contributed by atoms with E-state index in [1.165, 1.54) is 18.2 Å². The average Bonchev–Trinajstić information content (AvgIpc) is 2.39. The number of benzene rings is 2. The maximum absolute atomic E-state index is 13.6. The van der Waals surface area contributed by atoms with Crippen molar-refractivity contribution in [2.24, 2.45) is 0 Å². The molecular weight excluding hydrogens is 230 g/mol. The Kier molecular flexibility index (Phi) is 4.08. The fourth-order valence-electron chi connectivity index (χ4n) is 2.16. The lowest BCUT2D eigenvalue weighted by Gasteiger charge is -2.15. The zero-order chi connectivity index (χ0) is 13.0. The van der Waals surface area contributed by atoms with Crippen molar-refractivity contribution in [2.75, 3.05) is 0 Å². The van der Waals surface area contributed by atoms with Crippen LogP contribution in [0, 0.1) is 11.6 Å². The molecule has 0 saturated heterocycles. The van der Waals surface area contributed by atoms with Gasteiger partial charge >= 0.3 is 0 Å². The Morgan fingerprint density at radius 1 is 0.944 bits per heavy atom. The van der Waals surface area contributed by atoms with Crippen LogP contribution in [0.25, 0.3) is 0 Å². The molecule has 2 rings (SSSR count). The van der Waals surface area contributed by atoms with Crippen LogP contribution in [0.15, 0.2) is 48.5 Å². The molecule has 0 N–H and O–H groups in total. The van der Waals surface area contributed by atoms with E-state index in [9.17, 15) is 8.78 Å². The molecule has 1 atom stereocenters. The standard InChI is InChI=1S/C16H16F2/c1-2-12(13-7-9-15(17)10-8-13)11-14-5-3-4-6-16(14)18/h3-10,12H,2,11H2,1H3. The quantitative estimate of drug-likeness (QED) is 0.733. The maximum atomic E-state index is 13.6. The predicted octanol–water partition coefficient (Wildman–Crippen LogP) is 4.70. The highest BCUT2D eigenvalue weighted by Gasteiger charge is 2.12. The molecule has 2 aromatic carbocycles. The first-order valence-corrected chi connectivity index (χ1v) is 6.19. The summed E-state index contributed by atoms with van der Waals surface area (Å²) in [6.07, 6.45) is 1.55. The molecular formula is C16H16F2. The monoisotopic (exact) mass is 246 g/mol. The lowest BCUT2D eigenvalue weighted by Crippen LogP contribution is -2.03. The van der Waals surface area contributed by atoms with E-state index in [1.54, 1.807) is 18.2 Å². The Morgan fingerprint density at radius 2 is 1.61 bits per heavy atom. The minimum absolute atomic E-state index is 0.168. The third-order valence-electron chi connectivity index (χ3n) is 3.26. The van der Waals surface area contributed by atoms with E-state index in [4.69, 9.17) is 0 Å². The number of hydrogen-bond donors (Lipinski definition) is 0. The van der Waals surface area contributed by atoms with E-state index in [2.05, 4.69) is 6.92 Å². The van der Waals surface area contributed by atoms with Crippen molar-refractivity contribution in [3.8, 4) is 0 Å². The van der Waals surface area contributed by atoms with Crippen LogP contribution in [0.1, 0.15) is 30.4 Å². The third kappa shape index (κ3) is 2.95. The summed E-state index contributed by atoms with van der Waals surface area (Å²) in [4.78, 5) is 0. The van der Waals surface area contributed by atoms with Crippen molar-refractivity contribution in [2.45, 2.75) is 25.7 Å². The lowest BCUT2D eigenvalue weighted by atomic mass is 9.90. The van der Waals surface area contributed by atoms with Crippen molar-refractivity contribution in [1.29, 1.82) is 0 Å². The summed E-state index contributed by atoms with van der Waals surface area (Å²) in [5.74, 6) is -0.181. The second kappa shape index (κ2) is 5.76. The minimum Gasteiger partial charge on any atom is -0.207 e. The van der Waals surface area contributed by atoms with E-state index in [-0.39, 0.29) is 17.6 Å². The first kappa shape index (κ1) is 12.7. The molecule has 0 bridgehead atoms. The number of rotatable bonds is 4. The van der Waals surface area contributed by atoms with Crippen molar-refractivity contribution in [3.63, 3.8) is 0 Å². The van der Waals surface area contributed by atoms with Gasteiger partial charge in [-0.05, 0) is 48.1 Å². The zero-order valence-electron chi connectivity index (χ0n) is 10.4. The van der Waals surface area contributed by atoms with Gasteiger partial charge in [0.2, 0.25) is 0 Å². The zero-order valence-corrected chi connectivity index (χ0v) is 10.4. The molecule has 0 amide bonds. The van der Waals surface area contributed by atoms with Crippen LogP contribution in [0.4, 0.5) is 8.78 Å². The molecule has 2 aromatic rings. The number of halogens is 2. The molecule has 18 heavy (non-hydrogen) atoms. The van der Waals surface area contributed by atoms with Crippen LogP contribution in [-0.2, 0) is 6.42 Å². The summed E-state index contributed by atoms with van der Waals surface area (Å²) in [6.45, 7) is 2.06. The SMILES string of the molecule is CCC(Cc1ccccc1F)c1ccc(F)cc1. The molecule has 0 aliphatic rings. The van der Waals surface area contributed by atoms with Gasteiger partial charge in [0.15, 0.2) is 0 Å². The molecule has 0 aliphatic carbocycles. The molecule has 0 fully saturated rings. The van der Waals surface area contributed by atoms with Gasteiger partial charge in [-0.1, -0.05) is 37.3 Å². The molecule has 0 aromatic heterocycles. The molecule has 1 unspecified atom stereocenters. The van der Waals surface area contributed by atoms with Gasteiger partial charge < -0.3 is 0 Å². The summed E-state index contributed by atoms with van der Waals surface area (Å²) >= 11 is 0. The molecule has 0 aliphatic heterocycles. The summed E-state index contributed by atoms with van der Waals surface area (Å²) in [5.41, 5.74) is 1.77. The van der Waals surface area contributed by atoms with Crippen molar-refractivity contribution >= 4 is 0 Å². The van der Waals surface area contributed by atoms with E-state index >= 15 is 0 Å². The van der Waals surface area contributed by atoms with Gasteiger partial charge in [0.05, 0.1) is 0 Å². The Bertz CT molecular complexity index is 503. The Morgan fingerprint density at radius 3 is 2.22 bits per heavy atom. The second-order valence-electron chi connectivity index (χ2n) is 4.45. The van der Waals surface area contributed by atoms with Crippen LogP contribution in [0.3, 0.4) is 0 Å². The van der Waals surface area contributed by atoms with E-state index in [0.29, 0.717) is 12.0 Å². The normalized spacial score (nSPS) is 12.4. The van der Waals surface area contributed by atoms with Crippen LogP contribution in [0.5, 0.6) is 0 Å². The Balaban J connectivity index is 2.20. The topological polar surface area (TPSA) is 0 Å². The largest absolute Gasteiger partial charge is 0.207 e. The minimum atomic E-state index is -0.237. The lowest BCUT2D eigenvalue weighted by molar-refractivity contribution is 0.580. The van der Waals surface area contributed by atoms with E-state index in [0.717, 1.165) is 12.0 Å². The molecule has 0 heterocycles. The molecule has 0 saturated carbocycles. The van der Waals surface area contributed by atoms with Gasteiger partial charge in [-0.2, -0.15) is 0 Å². The molecule has 0 radical (unpaired) electrons. The highest BCUT2D eigenvalue weighted by Crippen LogP contribution is 2.25. The Labute approximate surface area is 106 Å². The fourth-order valence-corrected chi connectivity index (χ4v) is 2.16. The summed E-state index contributed by atoms with van der Waals surface area (Å²) in [7, 11) is 0. The third-order valence-corrected chi connectivity index (χ3v) is 3.26. The first-order valence-electron chi connectivity index (χ1n) is 6.19. The van der Waals surface area contributed by atoms with Gasteiger partial charge in [0.1, 0.15) is 11.6 Å². The van der Waals surface area contributed by atoms with Crippen molar-refractivity contribution in [3.05, 3.63) is 71.3 Å². The van der Waals surface area contributed by atoms with Crippen LogP contribution >= 0.6 is 0 Å². The average molecular weight is 246 g/mol. The van der Waals surface area contributed by atoms with Gasteiger partial charge in [-0.3, -0.25) is 0 Å². The molecule has 0 nitrogen and oxygen atoms in total. The van der Waals surface area contributed by atoms with Gasteiger partial charge in [0, 0.05) is 0 Å². The van der Waals surface area contributed by atoms with E-state index < -0.39 is 0 Å². The summed E-state index contributed by atoms with van der Waals surface area (Å²) in [6, 6.07) is 13.3. The molecule has 0 spiro atoms. The highest BCUT2D eigenvalue weighted by molar-refractivity contribution is 5.25. The summed E-state index contributed by atoms with van der Waals surface area (Å²) < 4.78 is 26.5. The van der Waals surface area contributed by atoms with E-state index in [1.807, 2.05) is 12.1 Å². The first-order chi connectivity index (χ1) is 8.70.